The highest BCUT2D eigenvalue weighted by Crippen LogP contribution is 2.35. The van der Waals surface area contributed by atoms with Crippen molar-refractivity contribution in [1.82, 2.24) is 9.97 Å². The topological polar surface area (TPSA) is 52.1 Å². The molecule has 0 bridgehead atoms. The van der Waals surface area contributed by atoms with Crippen molar-refractivity contribution in [1.29, 1.82) is 0 Å². The van der Waals surface area contributed by atoms with Crippen LogP contribution in [0.4, 0.5) is 5.95 Å². The molecule has 0 spiro atoms. The van der Waals surface area contributed by atoms with Crippen LogP contribution in [0.25, 0.3) is 16.8 Å². The third kappa shape index (κ3) is 2.34. The molecule has 0 N–H and O–H groups in total. The van der Waals surface area contributed by atoms with Crippen molar-refractivity contribution in [3.05, 3.63) is 46.5 Å². The van der Waals surface area contributed by atoms with Crippen LogP contribution in [0.15, 0.2) is 29.7 Å². The van der Waals surface area contributed by atoms with Gasteiger partial charge in [-0.15, -0.1) is 0 Å². The summed E-state index contributed by atoms with van der Waals surface area (Å²) in [5.41, 5.74) is 7.17. The van der Waals surface area contributed by atoms with E-state index in [1.54, 1.807) is 0 Å². The van der Waals surface area contributed by atoms with Crippen molar-refractivity contribution >= 4 is 22.7 Å². The van der Waals surface area contributed by atoms with Gasteiger partial charge in [0.1, 0.15) is 11.2 Å². The molecule has 1 saturated heterocycles. The molecule has 24 heavy (non-hydrogen) atoms. The Bertz CT molecular complexity index is 845. The van der Waals surface area contributed by atoms with Gasteiger partial charge < -0.3 is 9.45 Å². The van der Waals surface area contributed by atoms with E-state index in [1.165, 1.54) is 35.2 Å². The van der Waals surface area contributed by atoms with Crippen LogP contribution in [0.3, 0.4) is 0 Å². The lowest BCUT2D eigenvalue weighted by Gasteiger charge is -2.31. The molecule has 1 fully saturated rings. The molecule has 4 nitrogen and oxygen atoms in total. The summed E-state index contributed by atoms with van der Waals surface area (Å²) < 4.78 is 11.4. The fourth-order valence-electron chi connectivity index (χ4n) is 3.62. The van der Waals surface area contributed by atoms with Crippen molar-refractivity contribution in [2.24, 2.45) is 0 Å². The Kier molecular flexibility index (Phi) is 3.38. The lowest BCUT2D eigenvalue weighted by atomic mass is 10.00. The molecule has 3 aliphatic rings. The Morgan fingerprint density at radius 3 is 2.62 bits per heavy atom. The Labute approximate surface area is 144 Å². The number of nitrogens with zero attached hydrogens (tertiary/aromatic N) is 3. The van der Waals surface area contributed by atoms with Crippen LogP contribution in [0.1, 0.15) is 29.7 Å². The minimum Gasteiger partial charge on any atom is -0.612 e. The van der Waals surface area contributed by atoms with Gasteiger partial charge in [-0.1, -0.05) is 18.2 Å². The number of fused-ring (bicyclic) bond motifs is 1. The molecule has 5 rings (SSSR count). The van der Waals surface area contributed by atoms with Crippen LogP contribution in [-0.4, -0.2) is 33.4 Å². The van der Waals surface area contributed by atoms with E-state index in [2.05, 4.69) is 29.2 Å². The van der Waals surface area contributed by atoms with Gasteiger partial charge in [0.2, 0.25) is 5.95 Å². The van der Waals surface area contributed by atoms with Crippen molar-refractivity contribution < 1.29 is 4.55 Å². The zero-order valence-electron chi connectivity index (χ0n) is 13.5. The highest BCUT2D eigenvalue weighted by Gasteiger charge is 2.26. The van der Waals surface area contributed by atoms with Gasteiger partial charge in [0.05, 0.1) is 11.3 Å². The standard InChI is InChI=1S/C19H19N3OS/c23-24-11-15(12-24)13-4-1-5-14(10-13)18-16-6-2-7-17(16)20-19(21-18)22-8-3-9-22/h1,4-5,10-11H,2-3,6-9,12H2. The zero-order chi connectivity index (χ0) is 16.1. The highest BCUT2D eigenvalue weighted by molar-refractivity contribution is 7.96. The number of aryl methyl sites for hydroxylation is 1. The molecule has 1 unspecified atom stereocenters. The van der Waals surface area contributed by atoms with Crippen LogP contribution in [-0.2, 0) is 24.0 Å². The van der Waals surface area contributed by atoms with E-state index >= 15 is 0 Å². The first-order valence-electron chi connectivity index (χ1n) is 8.61. The minimum absolute atomic E-state index is 0.671. The second kappa shape index (κ2) is 5.60. The maximum atomic E-state index is 11.4. The van der Waals surface area contributed by atoms with Gasteiger partial charge in [0, 0.05) is 29.9 Å². The predicted octanol–water partition coefficient (Wildman–Crippen LogP) is 2.95. The maximum Gasteiger partial charge on any atom is 0.226 e. The van der Waals surface area contributed by atoms with E-state index in [1.807, 2.05) is 5.41 Å². The molecule has 122 valence electrons. The van der Waals surface area contributed by atoms with Gasteiger partial charge >= 0.3 is 0 Å². The summed E-state index contributed by atoms with van der Waals surface area (Å²) in [5.74, 6) is 1.57. The number of benzene rings is 1. The number of hydrogen-bond donors (Lipinski definition) is 0. The molecular formula is C19H19N3OS. The summed E-state index contributed by atoms with van der Waals surface area (Å²) in [6, 6.07) is 8.52. The quantitative estimate of drug-likeness (QED) is 0.808. The summed E-state index contributed by atoms with van der Waals surface area (Å²) >= 11 is -0.771. The van der Waals surface area contributed by atoms with Crippen molar-refractivity contribution in [2.45, 2.75) is 25.7 Å². The SMILES string of the molecule is [O-][S+]1C=C(c2cccc(-c3nc(N4CCC4)nc4c3CCC4)c2)C1. The largest absolute Gasteiger partial charge is 0.612 e. The number of rotatable bonds is 3. The van der Waals surface area contributed by atoms with E-state index < -0.39 is 11.2 Å². The maximum absolute atomic E-state index is 11.4. The first kappa shape index (κ1) is 14.5. The lowest BCUT2D eigenvalue weighted by molar-refractivity contribution is 0.599. The first-order valence-corrected chi connectivity index (χ1v) is 9.99. The lowest BCUT2D eigenvalue weighted by Crippen LogP contribution is -2.38. The van der Waals surface area contributed by atoms with Crippen LogP contribution in [0.5, 0.6) is 0 Å². The van der Waals surface area contributed by atoms with Crippen LogP contribution in [0.2, 0.25) is 0 Å². The molecule has 2 aliphatic heterocycles. The number of anilines is 1. The average Bonchev–Trinajstić information content (AvgIpc) is 2.98. The number of hydrogen-bond acceptors (Lipinski definition) is 4. The second-order valence-electron chi connectivity index (χ2n) is 6.74. The molecule has 5 heteroatoms. The molecule has 0 saturated carbocycles. The Balaban J connectivity index is 1.60. The van der Waals surface area contributed by atoms with Crippen molar-refractivity contribution in [2.75, 3.05) is 23.7 Å². The fraction of sp³-hybridized carbons (Fsp3) is 0.368. The van der Waals surface area contributed by atoms with Gasteiger partial charge in [-0.25, -0.2) is 9.97 Å². The molecule has 1 aliphatic carbocycles. The summed E-state index contributed by atoms with van der Waals surface area (Å²) in [4.78, 5) is 12.0. The Morgan fingerprint density at radius 1 is 1.04 bits per heavy atom. The van der Waals surface area contributed by atoms with Crippen LogP contribution >= 0.6 is 0 Å². The molecule has 3 heterocycles. The predicted molar refractivity (Wildman–Crippen MR) is 97.3 cm³/mol. The third-order valence-corrected chi connectivity index (χ3v) is 6.28. The molecule has 1 aromatic carbocycles. The molecule has 1 atom stereocenters. The summed E-state index contributed by atoms with van der Waals surface area (Å²) in [6.07, 6.45) is 4.54. The van der Waals surface area contributed by atoms with E-state index in [0.29, 0.717) is 5.75 Å². The first-order chi connectivity index (χ1) is 11.8. The molecular weight excluding hydrogens is 318 g/mol. The van der Waals surface area contributed by atoms with Crippen molar-refractivity contribution in [3.8, 4) is 11.3 Å². The van der Waals surface area contributed by atoms with E-state index in [0.717, 1.165) is 43.1 Å². The molecule has 0 amide bonds. The minimum atomic E-state index is -0.771. The van der Waals surface area contributed by atoms with Crippen LogP contribution < -0.4 is 4.90 Å². The Hall–Kier alpha value is -1.85. The van der Waals surface area contributed by atoms with Gasteiger partial charge in [0.15, 0.2) is 0 Å². The van der Waals surface area contributed by atoms with E-state index in [4.69, 9.17) is 9.97 Å². The zero-order valence-corrected chi connectivity index (χ0v) is 14.3. The van der Waals surface area contributed by atoms with Crippen molar-refractivity contribution in [3.63, 3.8) is 0 Å². The fourth-order valence-corrected chi connectivity index (χ4v) is 4.50. The second-order valence-corrected chi connectivity index (χ2v) is 8.03. The van der Waals surface area contributed by atoms with Gasteiger partial charge in [-0.05, 0) is 48.5 Å². The summed E-state index contributed by atoms with van der Waals surface area (Å²) in [7, 11) is 0. The molecule has 2 aromatic rings. The molecule has 0 radical (unpaired) electrons. The number of aromatic nitrogens is 2. The summed E-state index contributed by atoms with van der Waals surface area (Å²) in [6.45, 7) is 2.13. The average molecular weight is 337 g/mol. The van der Waals surface area contributed by atoms with E-state index in [-0.39, 0.29) is 0 Å². The summed E-state index contributed by atoms with van der Waals surface area (Å²) in [5, 5.41) is 1.86. The Morgan fingerprint density at radius 2 is 1.88 bits per heavy atom. The van der Waals surface area contributed by atoms with E-state index in [9.17, 15) is 4.55 Å². The smallest absolute Gasteiger partial charge is 0.226 e. The monoisotopic (exact) mass is 337 g/mol. The van der Waals surface area contributed by atoms with Gasteiger partial charge in [-0.3, -0.25) is 0 Å². The van der Waals surface area contributed by atoms with Crippen LogP contribution in [0, 0.1) is 0 Å². The molecule has 1 aromatic heterocycles. The third-order valence-electron chi connectivity index (χ3n) is 5.14. The van der Waals surface area contributed by atoms with Gasteiger partial charge in [0.25, 0.3) is 0 Å². The highest BCUT2D eigenvalue weighted by atomic mass is 32.2. The van der Waals surface area contributed by atoms with Gasteiger partial charge in [-0.2, -0.15) is 0 Å². The normalized spacial score (nSPS) is 21.8.